The highest BCUT2D eigenvalue weighted by Gasteiger charge is 2.12. The van der Waals surface area contributed by atoms with Gasteiger partial charge in [-0.05, 0) is 30.3 Å². The minimum Gasteiger partial charge on any atom is -0.325 e. The predicted molar refractivity (Wildman–Crippen MR) is 108 cm³/mol. The average molecular weight is 389 g/mol. The third-order valence-electron chi connectivity index (χ3n) is 4.31. The summed E-state index contributed by atoms with van der Waals surface area (Å²) in [4.78, 5) is 50.9. The smallest absolute Gasteiger partial charge is 0.325 e. The number of hydrogen-bond donors (Lipinski definition) is 3. The summed E-state index contributed by atoms with van der Waals surface area (Å²) in [5, 5.41) is 9.29. The Balaban J connectivity index is 1.58. The van der Waals surface area contributed by atoms with Crippen LogP contribution < -0.4 is 22.1 Å². The summed E-state index contributed by atoms with van der Waals surface area (Å²) < 4.78 is 0.852. The second-order valence-electron chi connectivity index (χ2n) is 6.30. The van der Waals surface area contributed by atoms with Gasteiger partial charge in [-0.3, -0.25) is 19.0 Å². The second-order valence-corrected chi connectivity index (χ2v) is 6.30. The fraction of sp³-hybridized carbons (Fsp3) is 0.0500. The highest BCUT2D eigenvalue weighted by Crippen LogP contribution is 2.19. The van der Waals surface area contributed by atoms with Crippen molar-refractivity contribution >= 4 is 22.5 Å². The zero-order valence-corrected chi connectivity index (χ0v) is 15.0. The molecule has 4 aromatic rings. The molecule has 0 aliphatic carbocycles. The lowest BCUT2D eigenvalue weighted by Gasteiger charge is -2.09. The maximum absolute atomic E-state index is 12.5. The van der Waals surface area contributed by atoms with E-state index < -0.39 is 23.7 Å². The van der Waals surface area contributed by atoms with Crippen molar-refractivity contribution in [2.45, 2.75) is 6.54 Å². The summed E-state index contributed by atoms with van der Waals surface area (Å²) in [7, 11) is 0. The number of benzene rings is 2. The molecule has 1 amide bonds. The molecule has 0 radical (unpaired) electrons. The van der Waals surface area contributed by atoms with Crippen molar-refractivity contribution < 1.29 is 4.79 Å². The first-order valence-corrected chi connectivity index (χ1v) is 8.69. The van der Waals surface area contributed by atoms with Crippen molar-refractivity contribution in [2.24, 2.45) is 0 Å². The number of nitrogens with zero attached hydrogens (tertiary/aromatic N) is 2. The van der Waals surface area contributed by atoms with E-state index in [1.807, 2.05) is 0 Å². The summed E-state index contributed by atoms with van der Waals surface area (Å²) in [6.07, 6.45) is 0. The molecule has 0 fully saturated rings. The van der Waals surface area contributed by atoms with Crippen molar-refractivity contribution in [2.75, 3.05) is 5.32 Å². The van der Waals surface area contributed by atoms with E-state index in [9.17, 15) is 19.2 Å². The van der Waals surface area contributed by atoms with E-state index in [0.29, 0.717) is 27.8 Å². The summed E-state index contributed by atoms with van der Waals surface area (Å²) in [6, 6.07) is 16.3. The lowest BCUT2D eigenvalue weighted by Crippen LogP contribution is -2.38. The van der Waals surface area contributed by atoms with E-state index in [1.54, 1.807) is 54.6 Å². The van der Waals surface area contributed by atoms with E-state index >= 15 is 0 Å². The number of hydrogen-bond acceptors (Lipinski definition) is 5. The predicted octanol–water partition coefficient (Wildman–Crippen LogP) is 1.08. The maximum atomic E-state index is 12.5. The molecule has 0 unspecified atom stereocenters. The molecule has 0 saturated heterocycles. The molecule has 3 N–H and O–H groups in total. The van der Waals surface area contributed by atoms with Crippen LogP contribution >= 0.6 is 0 Å². The molecule has 0 atom stereocenters. The van der Waals surface area contributed by atoms with E-state index in [0.717, 1.165) is 4.57 Å². The second kappa shape index (κ2) is 7.39. The van der Waals surface area contributed by atoms with Gasteiger partial charge < -0.3 is 10.3 Å². The van der Waals surface area contributed by atoms with E-state index in [-0.39, 0.29) is 5.56 Å². The lowest BCUT2D eigenvalue weighted by molar-refractivity contribution is -0.116. The number of fused-ring (bicyclic) bond motifs is 1. The van der Waals surface area contributed by atoms with E-state index in [1.165, 1.54) is 6.07 Å². The average Bonchev–Trinajstić information content (AvgIpc) is 2.72. The van der Waals surface area contributed by atoms with Gasteiger partial charge in [0.2, 0.25) is 5.91 Å². The topological polar surface area (TPSA) is 130 Å². The highest BCUT2D eigenvalue weighted by molar-refractivity contribution is 5.91. The van der Waals surface area contributed by atoms with E-state index in [4.69, 9.17) is 0 Å². The number of anilines is 1. The Morgan fingerprint density at radius 2 is 1.83 bits per heavy atom. The van der Waals surface area contributed by atoms with Crippen molar-refractivity contribution in [1.29, 1.82) is 0 Å². The molecule has 0 bridgehead atoms. The SMILES string of the molecule is O=C(Cn1c(=O)[nH]c2ccccc2c1=O)Nc1cccc(-c2ccc(=O)[nH]n2)c1. The van der Waals surface area contributed by atoms with Crippen LogP contribution in [0.4, 0.5) is 5.69 Å². The van der Waals surface area contributed by atoms with Crippen LogP contribution in [0.25, 0.3) is 22.2 Å². The van der Waals surface area contributed by atoms with E-state index in [2.05, 4.69) is 20.5 Å². The van der Waals surface area contributed by atoms with Crippen LogP contribution in [0.15, 0.2) is 75.0 Å². The Kier molecular flexibility index (Phi) is 4.62. The Morgan fingerprint density at radius 1 is 1.00 bits per heavy atom. The highest BCUT2D eigenvalue weighted by atomic mass is 16.2. The summed E-state index contributed by atoms with van der Waals surface area (Å²) in [5.41, 5.74) is 0.582. The Labute approximate surface area is 162 Å². The van der Waals surface area contributed by atoms with Crippen LogP contribution in [0.5, 0.6) is 0 Å². The summed E-state index contributed by atoms with van der Waals surface area (Å²) >= 11 is 0. The van der Waals surface area contributed by atoms with Gasteiger partial charge in [-0.25, -0.2) is 9.89 Å². The molecule has 2 aromatic heterocycles. The number of H-pyrrole nitrogens is 2. The molecule has 29 heavy (non-hydrogen) atoms. The first kappa shape index (κ1) is 18.1. The van der Waals surface area contributed by atoms with Crippen LogP contribution in [0, 0.1) is 0 Å². The van der Waals surface area contributed by atoms with Gasteiger partial charge in [0.15, 0.2) is 0 Å². The third-order valence-corrected chi connectivity index (χ3v) is 4.31. The van der Waals surface area contributed by atoms with Crippen LogP contribution in [-0.2, 0) is 11.3 Å². The fourth-order valence-electron chi connectivity index (χ4n) is 2.95. The molecule has 9 heteroatoms. The summed E-state index contributed by atoms with van der Waals surface area (Å²) in [5.74, 6) is -0.528. The normalized spacial score (nSPS) is 10.8. The zero-order chi connectivity index (χ0) is 20.4. The molecule has 0 spiro atoms. The molecule has 0 aliphatic heterocycles. The largest absolute Gasteiger partial charge is 0.329 e. The Hall–Kier alpha value is -4.27. The quantitative estimate of drug-likeness (QED) is 0.481. The van der Waals surface area contributed by atoms with Gasteiger partial charge in [0, 0.05) is 17.3 Å². The standard InChI is InChI=1S/C20H15N5O4/c26-17-9-8-15(23-24-17)12-4-3-5-13(10-12)21-18(27)11-25-19(28)14-6-1-2-7-16(14)22-20(25)29/h1-10H,11H2,(H,21,27)(H,22,29)(H,24,26). The van der Waals surface area contributed by atoms with Gasteiger partial charge in [0.1, 0.15) is 6.54 Å². The maximum Gasteiger partial charge on any atom is 0.329 e. The third kappa shape index (κ3) is 3.74. The van der Waals surface area contributed by atoms with Crippen LogP contribution in [-0.4, -0.2) is 25.7 Å². The minimum atomic E-state index is -0.657. The van der Waals surface area contributed by atoms with Gasteiger partial charge >= 0.3 is 5.69 Å². The molecule has 4 rings (SSSR count). The number of carbonyl (C=O) groups excluding carboxylic acids is 1. The lowest BCUT2D eigenvalue weighted by atomic mass is 10.1. The molecule has 9 nitrogen and oxygen atoms in total. The van der Waals surface area contributed by atoms with Gasteiger partial charge in [0.25, 0.3) is 11.1 Å². The molecule has 144 valence electrons. The number of aromatic nitrogens is 4. The molecule has 0 saturated carbocycles. The number of para-hydroxylation sites is 1. The monoisotopic (exact) mass is 389 g/mol. The van der Waals surface area contributed by atoms with Gasteiger partial charge in [-0.15, -0.1) is 0 Å². The molecule has 0 aliphatic rings. The Morgan fingerprint density at radius 3 is 2.62 bits per heavy atom. The van der Waals surface area contributed by atoms with Crippen molar-refractivity contribution in [3.63, 3.8) is 0 Å². The zero-order valence-electron chi connectivity index (χ0n) is 15.0. The molecule has 2 heterocycles. The fourth-order valence-corrected chi connectivity index (χ4v) is 2.95. The van der Waals surface area contributed by atoms with Gasteiger partial charge in [-0.1, -0.05) is 24.3 Å². The number of nitrogens with one attached hydrogen (secondary N) is 3. The van der Waals surface area contributed by atoms with Crippen LogP contribution in [0.3, 0.4) is 0 Å². The van der Waals surface area contributed by atoms with Gasteiger partial charge in [0.05, 0.1) is 16.6 Å². The number of aromatic amines is 2. The number of rotatable bonds is 4. The van der Waals surface area contributed by atoms with Crippen molar-refractivity contribution in [1.82, 2.24) is 19.7 Å². The summed E-state index contributed by atoms with van der Waals surface area (Å²) in [6.45, 7) is -0.430. The minimum absolute atomic E-state index is 0.316. The first-order valence-electron chi connectivity index (χ1n) is 8.69. The Bertz CT molecular complexity index is 1380. The van der Waals surface area contributed by atoms with Crippen molar-refractivity contribution in [3.05, 3.63) is 91.9 Å². The first-order chi connectivity index (χ1) is 14.0. The van der Waals surface area contributed by atoms with Crippen LogP contribution in [0.2, 0.25) is 0 Å². The number of carbonyl (C=O) groups is 1. The van der Waals surface area contributed by atoms with Crippen LogP contribution in [0.1, 0.15) is 0 Å². The molecule has 2 aromatic carbocycles. The molecular formula is C20H15N5O4. The number of amides is 1. The van der Waals surface area contributed by atoms with Gasteiger partial charge in [-0.2, -0.15) is 5.10 Å². The molecular weight excluding hydrogens is 374 g/mol. The van der Waals surface area contributed by atoms with Crippen molar-refractivity contribution in [3.8, 4) is 11.3 Å².